The molecule has 0 aliphatic rings. The molecule has 68 valence electrons. The first-order chi connectivity index (χ1) is 5.79. The molecular formula is C7H12ClN3O. The summed E-state index contributed by atoms with van der Waals surface area (Å²) in [5.41, 5.74) is 0. The highest BCUT2D eigenvalue weighted by atomic mass is 35.5. The summed E-state index contributed by atoms with van der Waals surface area (Å²) < 4.78 is 6.77. The molecular weight excluding hydrogens is 178 g/mol. The average molecular weight is 190 g/mol. The van der Waals surface area contributed by atoms with Crippen LogP contribution in [0.4, 0.5) is 0 Å². The lowest BCUT2D eigenvalue weighted by Gasteiger charge is -2.11. The zero-order chi connectivity index (χ0) is 8.97. The summed E-state index contributed by atoms with van der Waals surface area (Å²) in [6, 6.07) is 0.186. The zero-order valence-electron chi connectivity index (χ0n) is 7.20. The summed E-state index contributed by atoms with van der Waals surface area (Å²) in [6.45, 7) is 2.63. The normalized spacial score (nSPS) is 13.2. The highest BCUT2D eigenvalue weighted by molar-refractivity contribution is 6.16. The number of halogens is 1. The number of aromatic nitrogens is 3. The van der Waals surface area contributed by atoms with Crippen molar-refractivity contribution < 1.29 is 4.74 Å². The molecule has 0 N–H and O–H groups in total. The minimum absolute atomic E-state index is 0.186. The van der Waals surface area contributed by atoms with E-state index in [0.29, 0.717) is 12.5 Å². The Morgan fingerprint density at radius 2 is 2.50 bits per heavy atom. The zero-order valence-corrected chi connectivity index (χ0v) is 7.95. The van der Waals surface area contributed by atoms with Crippen molar-refractivity contribution in [2.45, 2.75) is 18.8 Å². The van der Waals surface area contributed by atoms with Crippen LogP contribution in [0.25, 0.3) is 0 Å². The van der Waals surface area contributed by atoms with E-state index in [1.807, 2.05) is 6.92 Å². The summed E-state index contributed by atoms with van der Waals surface area (Å²) in [5.74, 6) is 1.16. The predicted molar refractivity (Wildman–Crippen MR) is 46.2 cm³/mol. The third-order valence-corrected chi connectivity index (χ3v) is 1.83. The van der Waals surface area contributed by atoms with Crippen molar-refractivity contribution >= 4 is 11.6 Å². The van der Waals surface area contributed by atoms with Gasteiger partial charge in [0.15, 0.2) is 0 Å². The first-order valence-electron chi connectivity index (χ1n) is 3.73. The maximum atomic E-state index is 5.65. The smallest absolute Gasteiger partial charge is 0.142 e. The minimum Gasteiger partial charge on any atom is -0.382 e. The summed E-state index contributed by atoms with van der Waals surface area (Å²) in [7, 11) is 1.66. The van der Waals surface area contributed by atoms with Gasteiger partial charge in [0.1, 0.15) is 12.2 Å². The Labute approximate surface area is 76.5 Å². The molecule has 0 saturated carbocycles. The molecule has 0 aromatic carbocycles. The molecule has 4 nitrogen and oxygen atoms in total. The van der Waals surface area contributed by atoms with Gasteiger partial charge in [-0.25, -0.2) is 9.67 Å². The molecule has 1 rings (SSSR count). The van der Waals surface area contributed by atoms with Gasteiger partial charge in [0.25, 0.3) is 0 Å². The number of nitrogens with zero attached hydrogens (tertiary/aromatic N) is 3. The fraction of sp³-hybridized carbons (Fsp3) is 0.714. The summed E-state index contributed by atoms with van der Waals surface area (Å²) in [5, 5.41) is 4.05. The second-order valence-corrected chi connectivity index (χ2v) is 2.83. The summed E-state index contributed by atoms with van der Waals surface area (Å²) >= 11 is 5.65. The fourth-order valence-electron chi connectivity index (χ4n) is 1.05. The number of methoxy groups -OCH3 is 1. The fourth-order valence-corrected chi connectivity index (χ4v) is 1.24. The first kappa shape index (κ1) is 9.48. The second-order valence-electron chi connectivity index (χ2n) is 2.56. The van der Waals surface area contributed by atoms with Crippen molar-refractivity contribution in [1.82, 2.24) is 14.8 Å². The third-order valence-electron chi connectivity index (χ3n) is 1.59. The molecule has 0 fully saturated rings. The maximum Gasteiger partial charge on any atom is 0.142 e. The topological polar surface area (TPSA) is 39.9 Å². The van der Waals surface area contributed by atoms with Gasteiger partial charge in [0, 0.05) is 7.11 Å². The Morgan fingerprint density at radius 3 is 3.08 bits per heavy atom. The Morgan fingerprint density at radius 1 is 1.75 bits per heavy atom. The van der Waals surface area contributed by atoms with Gasteiger partial charge >= 0.3 is 0 Å². The van der Waals surface area contributed by atoms with Crippen LogP contribution >= 0.6 is 11.6 Å². The van der Waals surface area contributed by atoms with Crippen molar-refractivity contribution in [3.8, 4) is 0 Å². The van der Waals surface area contributed by atoms with Gasteiger partial charge < -0.3 is 4.74 Å². The standard InChI is InChI=1S/C7H12ClN3O/c1-6(4-12-2)11-7(3-8)9-5-10-11/h5-6H,3-4H2,1-2H3. The highest BCUT2D eigenvalue weighted by Crippen LogP contribution is 2.08. The minimum atomic E-state index is 0.186. The SMILES string of the molecule is COCC(C)n1ncnc1CCl. The maximum absolute atomic E-state index is 5.65. The molecule has 1 aromatic heterocycles. The second kappa shape index (κ2) is 4.42. The molecule has 1 atom stereocenters. The van der Waals surface area contributed by atoms with Crippen LogP contribution in [-0.4, -0.2) is 28.5 Å². The van der Waals surface area contributed by atoms with Gasteiger partial charge in [-0.05, 0) is 6.92 Å². The van der Waals surface area contributed by atoms with Gasteiger partial charge in [-0.3, -0.25) is 0 Å². The molecule has 0 amide bonds. The monoisotopic (exact) mass is 189 g/mol. The summed E-state index contributed by atoms with van der Waals surface area (Å²) in [4.78, 5) is 4.00. The van der Waals surface area contributed by atoms with Crippen molar-refractivity contribution in [2.75, 3.05) is 13.7 Å². The number of rotatable bonds is 4. The van der Waals surface area contributed by atoms with E-state index in [4.69, 9.17) is 16.3 Å². The van der Waals surface area contributed by atoms with Gasteiger partial charge in [0.05, 0.1) is 18.5 Å². The number of ether oxygens (including phenoxy) is 1. The number of alkyl halides is 1. The van der Waals surface area contributed by atoms with Crippen LogP contribution in [0.3, 0.4) is 0 Å². The lowest BCUT2D eigenvalue weighted by molar-refractivity contribution is 0.155. The van der Waals surface area contributed by atoms with E-state index in [9.17, 15) is 0 Å². The van der Waals surface area contributed by atoms with E-state index < -0.39 is 0 Å². The Balaban J connectivity index is 2.71. The Bertz CT molecular complexity index is 238. The molecule has 0 aliphatic heterocycles. The third kappa shape index (κ3) is 1.95. The quantitative estimate of drug-likeness (QED) is 0.669. The molecule has 1 heterocycles. The van der Waals surface area contributed by atoms with Crippen LogP contribution in [0.1, 0.15) is 18.8 Å². The van der Waals surface area contributed by atoms with Gasteiger partial charge in [-0.1, -0.05) is 0 Å². The van der Waals surface area contributed by atoms with E-state index in [-0.39, 0.29) is 6.04 Å². The first-order valence-corrected chi connectivity index (χ1v) is 4.26. The van der Waals surface area contributed by atoms with E-state index >= 15 is 0 Å². The van der Waals surface area contributed by atoms with Gasteiger partial charge in [-0.15, -0.1) is 11.6 Å². The van der Waals surface area contributed by atoms with E-state index in [0.717, 1.165) is 5.82 Å². The van der Waals surface area contributed by atoms with Crippen LogP contribution < -0.4 is 0 Å². The molecule has 12 heavy (non-hydrogen) atoms. The van der Waals surface area contributed by atoms with Crippen LogP contribution in [0.5, 0.6) is 0 Å². The van der Waals surface area contributed by atoms with E-state index in [1.165, 1.54) is 6.33 Å². The molecule has 0 aliphatic carbocycles. The Hall–Kier alpha value is -0.610. The molecule has 0 bridgehead atoms. The van der Waals surface area contributed by atoms with Crippen molar-refractivity contribution in [3.05, 3.63) is 12.2 Å². The number of hydrogen-bond donors (Lipinski definition) is 0. The lowest BCUT2D eigenvalue weighted by Crippen LogP contribution is -2.14. The van der Waals surface area contributed by atoms with Crippen molar-refractivity contribution in [1.29, 1.82) is 0 Å². The molecule has 1 unspecified atom stereocenters. The van der Waals surface area contributed by atoms with Crippen LogP contribution in [0.15, 0.2) is 6.33 Å². The van der Waals surface area contributed by atoms with Crippen LogP contribution in [-0.2, 0) is 10.6 Å². The molecule has 0 saturated heterocycles. The van der Waals surface area contributed by atoms with Crippen molar-refractivity contribution in [2.24, 2.45) is 0 Å². The molecule has 0 radical (unpaired) electrons. The number of hydrogen-bond acceptors (Lipinski definition) is 3. The lowest BCUT2D eigenvalue weighted by atomic mass is 10.4. The highest BCUT2D eigenvalue weighted by Gasteiger charge is 2.09. The summed E-state index contributed by atoms with van der Waals surface area (Å²) in [6.07, 6.45) is 1.50. The van der Waals surface area contributed by atoms with Crippen LogP contribution in [0, 0.1) is 0 Å². The Kier molecular flexibility index (Phi) is 3.49. The largest absolute Gasteiger partial charge is 0.382 e. The van der Waals surface area contributed by atoms with E-state index in [2.05, 4.69) is 10.1 Å². The predicted octanol–water partition coefficient (Wildman–Crippen LogP) is 1.22. The molecule has 0 spiro atoms. The average Bonchev–Trinajstić information content (AvgIpc) is 2.51. The molecule has 1 aromatic rings. The van der Waals surface area contributed by atoms with E-state index in [1.54, 1.807) is 11.8 Å². The van der Waals surface area contributed by atoms with Crippen molar-refractivity contribution in [3.63, 3.8) is 0 Å². The van der Waals surface area contributed by atoms with Crippen LogP contribution in [0.2, 0.25) is 0 Å². The van der Waals surface area contributed by atoms with Gasteiger partial charge in [0.2, 0.25) is 0 Å². The van der Waals surface area contributed by atoms with Gasteiger partial charge in [-0.2, -0.15) is 5.10 Å². The molecule has 5 heteroatoms.